The highest BCUT2D eigenvalue weighted by atomic mass is 35.5. The smallest absolute Gasteiger partial charge is 0.0894 e. The van der Waals surface area contributed by atoms with Crippen molar-refractivity contribution in [1.29, 1.82) is 0 Å². The van der Waals surface area contributed by atoms with Crippen LogP contribution in [0.3, 0.4) is 0 Å². The maximum atomic E-state index is 11.9. The van der Waals surface area contributed by atoms with Crippen molar-refractivity contribution in [2.45, 2.75) is 45.6 Å². The van der Waals surface area contributed by atoms with E-state index in [4.69, 9.17) is 0 Å². The SMILES string of the molecule is Cc1ccc(CC(C)[NH2+]CCCCCF)cc1.[Cl-]. The van der Waals surface area contributed by atoms with Crippen LogP contribution in [0.15, 0.2) is 24.3 Å². The summed E-state index contributed by atoms with van der Waals surface area (Å²) in [6.07, 6.45) is 3.98. The second kappa shape index (κ2) is 10.3. The molecule has 0 aliphatic carbocycles. The monoisotopic (exact) mass is 273 g/mol. The number of halogens is 2. The summed E-state index contributed by atoms with van der Waals surface area (Å²) in [6.45, 7) is 5.32. The fourth-order valence-electron chi connectivity index (χ4n) is 2.00. The molecule has 2 N–H and O–H groups in total. The topological polar surface area (TPSA) is 16.6 Å². The van der Waals surface area contributed by atoms with Gasteiger partial charge >= 0.3 is 0 Å². The normalized spacial score (nSPS) is 11.9. The zero-order chi connectivity index (χ0) is 12.5. The number of aryl methyl sites for hydroxylation is 1. The largest absolute Gasteiger partial charge is 1.00 e. The van der Waals surface area contributed by atoms with Crippen LogP contribution in [0.1, 0.15) is 37.3 Å². The molecule has 0 aliphatic heterocycles. The van der Waals surface area contributed by atoms with Crippen LogP contribution in [0.5, 0.6) is 0 Å². The average Bonchev–Trinajstić information content (AvgIpc) is 2.32. The first-order valence-electron chi connectivity index (χ1n) is 6.67. The van der Waals surface area contributed by atoms with Crippen molar-refractivity contribution >= 4 is 0 Å². The van der Waals surface area contributed by atoms with Gasteiger partial charge in [0.25, 0.3) is 0 Å². The number of hydrogen-bond acceptors (Lipinski definition) is 0. The van der Waals surface area contributed by atoms with Crippen molar-refractivity contribution in [2.75, 3.05) is 13.2 Å². The van der Waals surface area contributed by atoms with E-state index in [1.54, 1.807) is 0 Å². The lowest BCUT2D eigenvalue weighted by Gasteiger charge is -2.10. The number of rotatable bonds is 8. The van der Waals surface area contributed by atoms with E-state index in [9.17, 15) is 4.39 Å². The van der Waals surface area contributed by atoms with E-state index in [0.29, 0.717) is 6.04 Å². The van der Waals surface area contributed by atoms with Gasteiger partial charge in [0, 0.05) is 6.42 Å². The zero-order valence-corrected chi connectivity index (χ0v) is 12.2. The molecule has 1 unspecified atom stereocenters. The zero-order valence-electron chi connectivity index (χ0n) is 11.5. The molecule has 0 aromatic heterocycles. The molecule has 0 fully saturated rings. The van der Waals surface area contributed by atoms with Crippen LogP contribution < -0.4 is 17.7 Å². The summed E-state index contributed by atoms with van der Waals surface area (Å²) in [5.74, 6) is 0. The molecule has 3 heteroatoms. The molecule has 1 aromatic carbocycles. The van der Waals surface area contributed by atoms with Crippen LogP contribution in [0, 0.1) is 6.92 Å². The quantitative estimate of drug-likeness (QED) is 0.623. The van der Waals surface area contributed by atoms with Gasteiger partial charge in [0.05, 0.1) is 19.3 Å². The van der Waals surface area contributed by atoms with Gasteiger partial charge in [-0.2, -0.15) is 0 Å². The van der Waals surface area contributed by atoms with Gasteiger partial charge in [-0.15, -0.1) is 0 Å². The molecule has 1 atom stereocenters. The maximum Gasteiger partial charge on any atom is 0.0894 e. The van der Waals surface area contributed by atoms with Gasteiger partial charge in [0.15, 0.2) is 0 Å². The van der Waals surface area contributed by atoms with Crippen molar-refractivity contribution in [3.05, 3.63) is 35.4 Å². The van der Waals surface area contributed by atoms with Gasteiger partial charge < -0.3 is 17.7 Å². The first-order valence-corrected chi connectivity index (χ1v) is 6.67. The van der Waals surface area contributed by atoms with E-state index in [1.165, 1.54) is 11.1 Å². The molecule has 0 aliphatic rings. The molecular formula is C15H25ClFN. The maximum absolute atomic E-state index is 11.9. The third-order valence-corrected chi connectivity index (χ3v) is 3.09. The van der Waals surface area contributed by atoms with Crippen molar-refractivity contribution < 1.29 is 22.1 Å². The summed E-state index contributed by atoms with van der Waals surface area (Å²) < 4.78 is 11.9. The molecule has 0 amide bonds. The molecule has 0 bridgehead atoms. The number of unbranched alkanes of at least 4 members (excludes halogenated alkanes) is 2. The van der Waals surface area contributed by atoms with Gasteiger partial charge in [-0.25, -0.2) is 0 Å². The number of quaternary nitrogens is 1. The second-order valence-corrected chi connectivity index (χ2v) is 4.94. The third kappa shape index (κ3) is 7.67. The Morgan fingerprint density at radius 2 is 1.78 bits per heavy atom. The van der Waals surface area contributed by atoms with Crippen molar-refractivity contribution in [1.82, 2.24) is 0 Å². The molecule has 1 aromatic rings. The lowest BCUT2D eigenvalue weighted by molar-refractivity contribution is -0.686. The Balaban J connectivity index is 0.00000289. The second-order valence-electron chi connectivity index (χ2n) is 4.94. The van der Waals surface area contributed by atoms with Gasteiger partial charge in [-0.1, -0.05) is 29.8 Å². The van der Waals surface area contributed by atoms with Gasteiger partial charge in [0.2, 0.25) is 0 Å². The van der Waals surface area contributed by atoms with Crippen molar-refractivity contribution in [3.8, 4) is 0 Å². The first-order chi connectivity index (χ1) is 8.22. The highest BCUT2D eigenvalue weighted by Gasteiger charge is 2.05. The fourth-order valence-corrected chi connectivity index (χ4v) is 2.00. The van der Waals surface area contributed by atoms with E-state index < -0.39 is 0 Å². The van der Waals surface area contributed by atoms with Gasteiger partial charge in [-0.05, 0) is 38.7 Å². The number of nitrogens with two attached hydrogens (primary N) is 1. The van der Waals surface area contributed by atoms with E-state index in [2.05, 4.69) is 43.4 Å². The summed E-state index contributed by atoms with van der Waals surface area (Å²) in [4.78, 5) is 0. The van der Waals surface area contributed by atoms with Crippen LogP contribution in [-0.4, -0.2) is 19.3 Å². The highest BCUT2D eigenvalue weighted by molar-refractivity contribution is 5.21. The lowest BCUT2D eigenvalue weighted by atomic mass is 10.1. The molecule has 104 valence electrons. The van der Waals surface area contributed by atoms with Crippen LogP contribution in [0.4, 0.5) is 4.39 Å². The predicted octanol–water partition coefficient (Wildman–Crippen LogP) is -0.367. The molecule has 0 saturated carbocycles. The summed E-state index contributed by atoms with van der Waals surface area (Å²) in [6, 6.07) is 9.38. The molecule has 0 heterocycles. The summed E-state index contributed by atoms with van der Waals surface area (Å²) in [7, 11) is 0. The Labute approximate surface area is 117 Å². The third-order valence-electron chi connectivity index (χ3n) is 3.09. The molecule has 0 radical (unpaired) electrons. The number of benzene rings is 1. The number of hydrogen-bond donors (Lipinski definition) is 1. The highest BCUT2D eigenvalue weighted by Crippen LogP contribution is 2.04. The number of alkyl halides is 1. The summed E-state index contributed by atoms with van der Waals surface area (Å²) in [5.41, 5.74) is 2.72. The minimum atomic E-state index is -0.168. The van der Waals surface area contributed by atoms with Crippen LogP contribution in [-0.2, 0) is 6.42 Å². The molecule has 0 saturated heterocycles. The minimum absolute atomic E-state index is 0. The van der Waals surface area contributed by atoms with Crippen molar-refractivity contribution in [2.24, 2.45) is 0 Å². The average molecular weight is 274 g/mol. The summed E-state index contributed by atoms with van der Waals surface area (Å²) >= 11 is 0. The van der Waals surface area contributed by atoms with Gasteiger partial charge in [0.1, 0.15) is 0 Å². The van der Waals surface area contributed by atoms with E-state index in [0.717, 1.165) is 32.2 Å². The van der Waals surface area contributed by atoms with E-state index in [1.807, 2.05) is 0 Å². The standard InChI is InChI=1S/C15H24FN.ClH/c1-13-6-8-15(9-7-13)12-14(2)17-11-5-3-4-10-16;/h6-9,14,17H,3-5,10-12H2,1-2H3;1H. The molecule has 18 heavy (non-hydrogen) atoms. The van der Waals surface area contributed by atoms with E-state index in [-0.39, 0.29) is 19.1 Å². The van der Waals surface area contributed by atoms with Gasteiger partial charge in [-0.3, -0.25) is 4.39 Å². The predicted molar refractivity (Wildman–Crippen MR) is 71.0 cm³/mol. The Hall–Kier alpha value is -0.600. The minimum Gasteiger partial charge on any atom is -1.00 e. The Bertz CT molecular complexity index is 300. The fraction of sp³-hybridized carbons (Fsp3) is 0.600. The Morgan fingerprint density at radius 1 is 1.11 bits per heavy atom. The van der Waals surface area contributed by atoms with Crippen LogP contribution in [0.2, 0.25) is 0 Å². The molecule has 1 rings (SSSR count). The van der Waals surface area contributed by atoms with Crippen molar-refractivity contribution in [3.63, 3.8) is 0 Å². The molecule has 0 spiro atoms. The molecular weight excluding hydrogens is 249 g/mol. The Kier molecular flexibility index (Phi) is 9.99. The first kappa shape index (κ1) is 17.4. The van der Waals surface area contributed by atoms with Crippen LogP contribution >= 0.6 is 0 Å². The van der Waals surface area contributed by atoms with E-state index >= 15 is 0 Å². The Morgan fingerprint density at radius 3 is 2.39 bits per heavy atom. The molecule has 1 nitrogen and oxygen atoms in total. The van der Waals surface area contributed by atoms with Crippen LogP contribution in [0.25, 0.3) is 0 Å². The lowest BCUT2D eigenvalue weighted by Crippen LogP contribution is -3.00. The summed E-state index contributed by atoms with van der Waals surface area (Å²) in [5, 5.41) is 2.37.